The molecule has 3 N–H and O–H groups in total. The fourth-order valence-corrected chi connectivity index (χ4v) is 2.92. The van der Waals surface area contributed by atoms with Crippen LogP contribution in [0.25, 0.3) is 11.3 Å². The van der Waals surface area contributed by atoms with Crippen LogP contribution in [-0.2, 0) is 13.2 Å². The van der Waals surface area contributed by atoms with Gasteiger partial charge in [0, 0.05) is 25.3 Å². The predicted octanol–water partition coefficient (Wildman–Crippen LogP) is 2.98. The number of hydrogen-bond donors (Lipinski definition) is 3. The highest BCUT2D eigenvalue weighted by Crippen LogP contribution is 2.31. The number of nitrogens with zero attached hydrogens (tertiary/aromatic N) is 2. The van der Waals surface area contributed by atoms with E-state index in [4.69, 9.17) is 0 Å². The van der Waals surface area contributed by atoms with Crippen LogP contribution in [0.4, 0.5) is 23.7 Å². The molecule has 0 unspecified atom stereocenters. The molecule has 140 valence electrons. The first-order chi connectivity index (χ1) is 12.3. The Bertz CT molecular complexity index is 764. The monoisotopic (exact) mass is 367 g/mol. The van der Waals surface area contributed by atoms with Gasteiger partial charge in [0.1, 0.15) is 0 Å². The van der Waals surface area contributed by atoms with Gasteiger partial charge < -0.3 is 16.0 Å². The van der Waals surface area contributed by atoms with E-state index in [1.54, 1.807) is 24.3 Å². The summed E-state index contributed by atoms with van der Waals surface area (Å²) in [6.07, 6.45) is -2.33. The molecule has 0 spiro atoms. The first-order valence-electron chi connectivity index (χ1n) is 8.33. The molecule has 1 aliphatic rings. The molecule has 1 aromatic carbocycles. The fourth-order valence-electron chi connectivity index (χ4n) is 2.92. The average molecular weight is 367 g/mol. The van der Waals surface area contributed by atoms with Gasteiger partial charge in [0.15, 0.2) is 5.69 Å². The Kier molecular flexibility index (Phi) is 5.17. The molecule has 1 aliphatic heterocycles. The van der Waals surface area contributed by atoms with Crippen LogP contribution in [0.2, 0.25) is 0 Å². The lowest BCUT2D eigenvalue weighted by Crippen LogP contribution is -2.39. The highest BCUT2D eigenvalue weighted by atomic mass is 19.4. The molecule has 6 nitrogen and oxygen atoms in total. The van der Waals surface area contributed by atoms with E-state index in [1.807, 2.05) is 0 Å². The number of benzene rings is 1. The molecule has 1 aromatic heterocycles. The molecule has 1 fully saturated rings. The largest absolute Gasteiger partial charge is 0.435 e. The molecule has 9 heteroatoms. The summed E-state index contributed by atoms with van der Waals surface area (Å²) in [5.41, 5.74) is 0.554. The van der Waals surface area contributed by atoms with Crippen LogP contribution in [0.1, 0.15) is 18.5 Å². The summed E-state index contributed by atoms with van der Waals surface area (Å²) in [4.78, 5) is 11.9. The fraction of sp³-hybridized carbons (Fsp3) is 0.412. The second-order valence-electron chi connectivity index (χ2n) is 6.24. The van der Waals surface area contributed by atoms with Crippen molar-refractivity contribution in [2.24, 2.45) is 7.05 Å². The zero-order chi connectivity index (χ0) is 18.7. The molecule has 2 aromatic rings. The second-order valence-corrected chi connectivity index (χ2v) is 6.24. The van der Waals surface area contributed by atoms with Crippen LogP contribution >= 0.6 is 0 Å². The van der Waals surface area contributed by atoms with E-state index in [2.05, 4.69) is 21.0 Å². The smallest absolute Gasteiger partial charge is 0.336 e. The number of aromatic nitrogens is 2. The number of alkyl halides is 3. The van der Waals surface area contributed by atoms with Gasteiger partial charge in [-0.2, -0.15) is 18.3 Å². The van der Waals surface area contributed by atoms with Gasteiger partial charge in [-0.3, -0.25) is 4.68 Å². The summed E-state index contributed by atoms with van der Waals surface area (Å²) in [5, 5.41) is 12.3. The van der Waals surface area contributed by atoms with E-state index in [9.17, 15) is 18.0 Å². The molecular weight excluding hydrogens is 347 g/mol. The van der Waals surface area contributed by atoms with Gasteiger partial charge in [0.05, 0.1) is 5.69 Å². The molecule has 2 amide bonds. The minimum Gasteiger partial charge on any atom is -0.336 e. The molecule has 3 rings (SSSR count). The quantitative estimate of drug-likeness (QED) is 0.778. The highest BCUT2D eigenvalue weighted by Gasteiger charge is 2.34. The number of aryl methyl sites for hydroxylation is 1. The van der Waals surface area contributed by atoms with Crippen LogP contribution in [0.15, 0.2) is 30.3 Å². The van der Waals surface area contributed by atoms with Gasteiger partial charge in [0.2, 0.25) is 0 Å². The van der Waals surface area contributed by atoms with Gasteiger partial charge in [-0.1, -0.05) is 12.1 Å². The molecular formula is C17H20F3N5O. The minimum atomic E-state index is -4.48. The third kappa shape index (κ3) is 4.34. The predicted molar refractivity (Wildman–Crippen MR) is 91.7 cm³/mol. The van der Waals surface area contributed by atoms with Crippen molar-refractivity contribution in [3.05, 3.63) is 36.0 Å². The van der Waals surface area contributed by atoms with Crippen molar-refractivity contribution >= 4 is 11.7 Å². The summed E-state index contributed by atoms with van der Waals surface area (Å²) in [6.45, 7) is 1.53. The lowest BCUT2D eigenvalue weighted by atomic mass is 10.1. The molecule has 1 atom stereocenters. The van der Waals surface area contributed by atoms with Crippen LogP contribution < -0.4 is 16.0 Å². The summed E-state index contributed by atoms with van der Waals surface area (Å²) >= 11 is 0. The Morgan fingerprint density at radius 3 is 2.65 bits per heavy atom. The maximum absolute atomic E-state index is 12.8. The Balaban J connectivity index is 1.61. The van der Waals surface area contributed by atoms with Crippen molar-refractivity contribution < 1.29 is 18.0 Å². The van der Waals surface area contributed by atoms with E-state index in [0.717, 1.165) is 25.5 Å². The van der Waals surface area contributed by atoms with Crippen molar-refractivity contribution in [1.82, 2.24) is 20.4 Å². The number of anilines is 1. The van der Waals surface area contributed by atoms with E-state index < -0.39 is 11.9 Å². The Morgan fingerprint density at radius 1 is 1.35 bits per heavy atom. The summed E-state index contributed by atoms with van der Waals surface area (Å²) in [5.74, 6) is 0. The Hall–Kier alpha value is -2.55. The normalized spacial score (nSPS) is 17.3. The highest BCUT2D eigenvalue weighted by molar-refractivity contribution is 5.89. The van der Waals surface area contributed by atoms with E-state index in [-0.39, 0.29) is 6.03 Å². The van der Waals surface area contributed by atoms with Gasteiger partial charge in [-0.05, 0) is 43.1 Å². The summed E-state index contributed by atoms with van der Waals surface area (Å²) < 4.78 is 39.4. The van der Waals surface area contributed by atoms with Crippen molar-refractivity contribution in [3.8, 4) is 11.3 Å². The second kappa shape index (κ2) is 7.36. The number of urea groups is 1. The molecule has 0 radical (unpaired) electrons. The number of rotatable bonds is 4. The molecule has 26 heavy (non-hydrogen) atoms. The topological polar surface area (TPSA) is 71.0 Å². The van der Waals surface area contributed by atoms with Gasteiger partial charge in [-0.25, -0.2) is 4.79 Å². The Labute approximate surface area is 148 Å². The van der Waals surface area contributed by atoms with Crippen LogP contribution in [0.3, 0.4) is 0 Å². The van der Waals surface area contributed by atoms with Crippen molar-refractivity contribution in [2.75, 3.05) is 18.4 Å². The standard InChI is InChI=1S/C17H20F3N5O/c1-25-14(9-15(24-25)17(18,19)20)11-4-6-12(7-5-11)23-16(26)22-10-13-3-2-8-21-13/h4-7,9,13,21H,2-3,8,10H2,1H3,(H2,22,23,26)/t13-/m0/s1. The number of halogens is 3. The third-order valence-corrected chi connectivity index (χ3v) is 4.28. The first kappa shape index (κ1) is 18.2. The van der Waals surface area contributed by atoms with Crippen LogP contribution in [0.5, 0.6) is 0 Å². The van der Waals surface area contributed by atoms with Gasteiger partial charge >= 0.3 is 12.2 Å². The van der Waals surface area contributed by atoms with Crippen LogP contribution in [-0.4, -0.2) is 34.9 Å². The molecule has 0 saturated carbocycles. The summed E-state index contributed by atoms with van der Waals surface area (Å²) in [7, 11) is 1.46. The van der Waals surface area contributed by atoms with E-state index in [1.165, 1.54) is 11.7 Å². The number of amides is 2. The maximum atomic E-state index is 12.8. The van der Waals surface area contributed by atoms with Crippen molar-refractivity contribution in [1.29, 1.82) is 0 Å². The van der Waals surface area contributed by atoms with Crippen molar-refractivity contribution in [2.45, 2.75) is 25.1 Å². The van der Waals surface area contributed by atoms with E-state index in [0.29, 0.717) is 29.5 Å². The number of carbonyl (C=O) groups excluding carboxylic acids is 1. The van der Waals surface area contributed by atoms with Gasteiger partial charge in [-0.15, -0.1) is 0 Å². The van der Waals surface area contributed by atoms with E-state index >= 15 is 0 Å². The number of carbonyl (C=O) groups is 1. The van der Waals surface area contributed by atoms with Crippen LogP contribution in [0, 0.1) is 0 Å². The summed E-state index contributed by atoms with van der Waals surface area (Å²) in [6, 6.07) is 7.56. The third-order valence-electron chi connectivity index (χ3n) is 4.28. The molecule has 1 saturated heterocycles. The average Bonchev–Trinajstić information content (AvgIpc) is 3.23. The number of nitrogens with one attached hydrogen (secondary N) is 3. The molecule has 0 aliphatic carbocycles. The van der Waals surface area contributed by atoms with Crippen molar-refractivity contribution in [3.63, 3.8) is 0 Å². The zero-order valence-electron chi connectivity index (χ0n) is 14.2. The molecule has 2 heterocycles. The lowest BCUT2D eigenvalue weighted by molar-refractivity contribution is -0.141. The molecule has 0 bridgehead atoms. The van der Waals surface area contributed by atoms with Gasteiger partial charge in [0.25, 0.3) is 0 Å². The Morgan fingerprint density at radius 2 is 2.08 bits per heavy atom. The lowest BCUT2D eigenvalue weighted by Gasteiger charge is -2.12. The SMILES string of the molecule is Cn1nc(C(F)(F)F)cc1-c1ccc(NC(=O)NC[C@@H]2CCCN2)cc1. The zero-order valence-corrected chi connectivity index (χ0v) is 14.2. The maximum Gasteiger partial charge on any atom is 0.435 e. The first-order valence-corrected chi connectivity index (χ1v) is 8.33. The number of hydrogen-bond acceptors (Lipinski definition) is 3. The minimum absolute atomic E-state index is 0.302.